The number of benzene rings is 1. The molecule has 2 rings (SSSR count). The first-order chi connectivity index (χ1) is 8.74. The second-order valence-electron chi connectivity index (χ2n) is 4.97. The van der Waals surface area contributed by atoms with Crippen molar-refractivity contribution in [1.29, 1.82) is 5.26 Å². The van der Waals surface area contributed by atoms with Crippen molar-refractivity contribution in [2.45, 2.75) is 25.3 Å². The van der Waals surface area contributed by atoms with E-state index in [1.807, 2.05) is 25.1 Å². The fraction of sp³-hybridized carbons (Fsp3) is 0.533. The molecule has 3 heteroatoms. The molecule has 96 valence electrons. The number of nitriles is 1. The van der Waals surface area contributed by atoms with E-state index in [4.69, 9.17) is 4.74 Å². The summed E-state index contributed by atoms with van der Waals surface area (Å²) in [6, 6.07) is 12.9. The first kappa shape index (κ1) is 13.1. The summed E-state index contributed by atoms with van der Waals surface area (Å²) in [5, 5.41) is 9.48. The summed E-state index contributed by atoms with van der Waals surface area (Å²) in [6.07, 6.45) is 1.82. The molecule has 18 heavy (non-hydrogen) atoms. The Bertz CT molecular complexity index is 406. The third-order valence-corrected chi connectivity index (χ3v) is 3.69. The van der Waals surface area contributed by atoms with Crippen LogP contribution in [-0.2, 0) is 11.2 Å². The number of aryl methyl sites for hydroxylation is 1. The van der Waals surface area contributed by atoms with E-state index < -0.39 is 0 Å². The average Bonchev–Trinajstić information content (AvgIpc) is 2.47. The fourth-order valence-electron chi connectivity index (χ4n) is 2.37. The molecule has 1 heterocycles. The fourth-order valence-corrected chi connectivity index (χ4v) is 2.37. The smallest absolute Gasteiger partial charge is 0.106 e. The first-order valence-electron chi connectivity index (χ1n) is 6.52. The normalized spacial score (nSPS) is 20.0. The molecule has 3 nitrogen and oxygen atoms in total. The quantitative estimate of drug-likeness (QED) is 0.815. The van der Waals surface area contributed by atoms with Crippen LogP contribution in [0.5, 0.6) is 0 Å². The zero-order valence-corrected chi connectivity index (χ0v) is 10.9. The topological polar surface area (TPSA) is 36.3 Å². The predicted molar refractivity (Wildman–Crippen MR) is 71.2 cm³/mol. The lowest BCUT2D eigenvalue weighted by atomic mass is 9.92. The maximum absolute atomic E-state index is 9.48. The number of hydrogen-bond donors (Lipinski definition) is 0. The van der Waals surface area contributed by atoms with Gasteiger partial charge < -0.3 is 4.74 Å². The van der Waals surface area contributed by atoms with Gasteiger partial charge in [-0.15, -0.1) is 0 Å². The number of ether oxygens (including phenoxy) is 1. The zero-order chi connectivity index (χ0) is 12.8. The van der Waals surface area contributed by atoms with Gasteiger partial charge in [-0.1, -0.05) is 30.3 Å². The largest absolute Gasteiger partial charge is 0.379 e. The minimum absolute atomic E-state index is 0.375. The number of rotatable bonds is 4. The van der Waals surface area contributed by atoms with Gasteiger partial charge in [-0.3, -0.25) is 4.90 Å². The standard InChI is InChI=1S/C15H20N2O/c1-15(13-16,17-9-11-18-12-10-17)8-7-14-5-3-2-4-6-14/h2-6H,7-12H2,1H3. The third kappa shape index (κ3) is 3.10. The third-order valence-electron chi connectivity index (χ3n) is 3.69. The van der Waals surface area contributed by atoms with Crippen molar-refractivity contribution < 1.29 is 4.74 Å². The molecule has 0 N–H and O–H groups in total. The Hall–Kier alpha value is -1.37. The van der Waals surface area contributed by atoms with Gasteiger partial charge in [0.25, 0.3) is 0 Å². The van der Waals surface area contributed by atoms with Crippen LogP contribution in [0.1, 0.15) is 18.9 Å². The van der Waals surface area contributed by atoms with Gasteiger partial charge >= 0.3 is 0 Å². The second kappa shape index (κ2) is 5.99. The number of nitrogens with zero attached hydrogens (tertiary/aromatic N) is 2. The Labute approximate surface area is 109 Å². The molecule has 1 aliphatic heterocycles. The maximum Gasteiger partial charge on any atom is 0.106 e. The molecule has 0 spiro atoms. The van der Waals surface area contributed by atoms with Crippen LogP contribution in [0.4, 0.5) is 0 Å². The number of hydrogen-bond acceptors (Lipinski definition) is 3. The minimum atomic E-state index is -0.375. The summed E-state index contributed by atoms with van der Waals surface area (Å²) in [4.78, 5) is 2.25. The summed E-state index contributed by atoms with van der Waals surface area (Å²) in [7, 11) is 0. The molecule has 1 aromatic carbocycles. The molecule has 1 aliphatic rings. The van der Waals surface area contributed by atoms with Crippen molar-refractivity contribution in [2.75, 3.05) is 26.3 Å². The van der Waals surface area contributed by atoms with E-state index in [1.165, 1.54) is 5.56 Å². The van der Waals surface area contributed by atoms with Gasteiger partial charge in [-0.2, -0.15) is 5.26 Å². The Morgan fingerprint density at radius 1 is 1.28 bits per heavy atom. The van der Waals surface area contributed by atoms with Gasteiger partial charge in [0.1, 0.15) is 5.54 Å². The van der Waals surface area contributed by atoms with Gasteiger partial charge in [-0.25, -0.2) is 0 Å². The van der Waals surface area contributed by atoms with Crippen LogP contribution in [-0.4, -0.2) is 36.7 Å². The highest BCUT2D eigenvalue weighted by Crippen LogP contribution is 2.22. The molecule has 1 aromatic rings. The van der Waals surface area contributed by atoms with Crippen LogP contribution in [0.15, 0.2) is 30.3 Å². The van der Waals surface area contributed by atoms with E-state index in [0.29, 0.717) is 0 Å². The van der Waals surface area contributed by atoms with E-state index in [1.54, 1.807) is 0 Å². The minimum Gasteiger partial charge on any atom is -0.379 e. The summed E-state index contributed by atoms with van der Waals surface area (Å²) in [6.45, 7) is 5.24. The van der Waals surface area contributed by atoms with E-state index in [-0.39, 0.29) is 5.54 Å². The van der Waals surface area contributed by atoms with Crippen molar-refractivity contribution >= 4 is 0 Å². The lowest BCUT2D eigenvalue weighted by Gasteiger charge is -2.38. The molecule has 0 aliphatic carbocycles. The monoisotopic (exact) mass is 244 g/mol. The van der Waals surface area contributed by atoms with Gasteiger partial charge in [0.05, 0.1) is 19.3 Å². The highest BCUT2D eigenvalue weighted by Gasteiger charge is 2.32. The second-order valence-corrected chi connectivity index (χ2v) is 4.97. The van der Waals surface area contributed by atoms with Gasteiger partial charge in [0, 0.05) is 13.1 Å². The van der Waals surface area contributed by atoms with Crippen LogP contribution in [0.2, 0.25) is 0 Å². The summed E-state index contributed by atoms with van der Waals surface area (Å²) < 4.78 is 5.35. The average molecular weight is 244 g/mol. The summed E-state index contributed by atoms with van der Waals surface area (Å²) in [5.41, 5.74) is 0.923. The molecule has 0 saturated carbocycles. The molecule has 1 unspecified atom stereocenters. The molecule has 1 atom stereocenters. The van der Waals surface area contributed by atoms with Crippen LogP contribution in [0.3, 0.4) is 0 Å². The van der Waals surface area contributed by atoms with Crippen molar-refractivity contribution in [2.24, 2.45) is 0 Å². The molecule has 1 fully saturated rings. The molecule has 0 bridgehead atoms. The summed E-state index contributed by atoms with van der Waals surface area (Å²) in [5.74, 6) is 0. The van der Waals surface area contributed by atoms with Crippen molar-refractivity contribution in [3.8, 4) is 6.07 Å². The highest BCUT2D eigenvalue weighted by molar-refractivity contribution is 5.17. The lowest BCUT2D eigenvalue weighted by molar-refractivity contribution is -0.000448. The lowest BCUT2D eigenvalue weighted by Crippen LogP contribution is -2.51. The predicted octanol–water partition coefficient (Wildman–Crippen LogP) is 2.23. The first-order valence-corrected chi connectivity index (χ1v) is 6.52. The van der Waals surface area contributed by atoms with E-state index >= 15 is 0 Å². The number of morpholine rings is 1. The van der Waals surface area contributed by atoms with Crippen molar-refractivity contribution in [1.82, 2.24) is 4.90 Å². The molecule has 1 saturated heterocycles. The van der Waals surface area contributed by atoms with Crippen LogP contribution in [0, 0.1) is 11.3 Å². The van der Waals surface area contributed by atoms with Gasteiger partial charge in [0.2, 0.25) is 0 Å². The van der Waals surface area contributed by atoms with Crippen LogP contribution >= 0.6 is 0 Å². The molecule has 0 radical (unpaired) electrons. The maximum atomic E-state index is 9.48. The molecule has 0 aromatic heterocycles. The highest BCUT2D eigenvalue weighted by atomic mass is 16.5. The zero-order valence-electron chi connectivity index (χ0n) is 10.9. The SMILES string of the molecule is CC(C#N)(CCc1ccccc1)N1CCOCC1. The van der Waals surface area contributed by atoms with Crippen LogP contribution < -0.4 is 0 Å². The van der Waals surface area contributed by atoms with E-state index in [2.05, 4.69) is 23.1 Å². The van der Waals surface area contributed by atoms with E-state index in [0.717, 1.165) is 39.1 Å². The Balaban J connectivity index is 1.97. The van der Waals surface area contributed by atoms with Gasteiger partial charge in [0.15, 0.2) is 0 Å². The van der Waals surface area contributed by atoms with E-state index in [9.17, 15) is 5.26 Å². The Morgan fingerprint density at radius 2 is 1.94 bits per heavy atom. The van der Waals surface area contributed by atoms with Crippen molar-refractivity contribution in [3.05, 3.63) is 35.9 Å². The Morgan fingerprint density at radius 3 is 2.56 bits per heavy atom. The molecular formula is C15H20N2O. The summed E-state index contributed by atoms with van der Waals surface area (Å²) >= 11 is 0. The molecular weight excluding hydrogens is 224 g/mol. The Kier molecular flexibility index (Phi) is 4.35. The van der Waals surface area contributed by atoms with Crippen molar-refractivity contribution in [3.63, 3.8) is 0 Å². The molecule has 0 amide bonds. The van der Waals surface area contributed by atoms with Gasteiger partial charge in [-0.05, 0) is 25.3 Å². The van der Waals surface area contributed by atoms with Crippen LogP contribution in [0.25, 0.3) is 0 Å².